The Morgan fingerprint density at radius 1 is 1.11 bits per heavy atom. The monoisotopic (exact) mass is 259 g/mol. The minimum atomic E-state index is -0.240. The van der Waals surface area contributed by atoms with Gasteiger partial charge in [0.1, 0.15) is 0 Å². The van der Waals surface area contributed by atoms with E-state index in [2.05, 4.69) is 4.98 Å². The molecule has 1 aliphatic heterocycles. The summed E-state index contributed by atoms with van der Waals surface area (Å²) in [5.41, 5.74) is 7.02. The van der Waals surface area contributed by atoms with Crippen LogP contribution in [-0.4, -0.2) is 33.8 Å². The van der Waals surface area contributed by atoms with Crippen molar-refractivity contribution in [3.8, 4) is 0 Å². The highest BCUT2D eigenvalue weighted by molar-refractivity contribution is 6.21. The minimum Gasteiger partial charge on any atom is -0.326 e. The Morgan fingerprint density at radius 3 is 2.63 bits per heavy atom. The topological polar surface area (TPSA) is 76.3 Å². The van der Waals surface area contributed by atoms with E-state index in [0.717, 1.165) is 32.1 Å². The van der Waals surface area contributed by atoms with E-state index in [1.807, 2.05) is 0 Å². The van der Waals surface area contributed by atoms with Crippen LogP contribution in [0.1, 0.15) is 52.8 Å². The lowest BCUT2D eigenvalue weighted by molar-refractivity contribution is 0.0552. The number of amides is 2. The van der Waals surface area contributed by atoms with Gasteiger partial charge in [0, 0.05) is 18.4 Å². The van der Waals surface area contributed by atoms with Crippen LogP contribution in [0.15, 0.2) is 18.5 Å². The molecule has 2 aliphatic rings. The average molecular weight is 259 g/mol. The van der Waals surface area contributed by atoms with Crippen molar-refractivity contribution in [1.29, 1.82) is 0 Å². The third kappa shape index (κ3) is 1.94. The number of hydrogen-bond acceptors (Lipinski definition) is 4. The third-order valence-electron chi connectivity index (χ3n) is 4.08. The molecule has 2 N–H and O–H groups in total. The van der Waals surface area contributed by atoms with Gasteiger partial charge in [-0.1, -0.05) is 19.3 Å². The molecule has 1 aliphatic carbocycles. The van der Waals surface area contributed by atoms with Crippen molar-refractivity contribution in [2.45, 2.75) is 44.2 Å². The molecule has 0 radical (unpaired) electrons. The Labute approximate surface area is 111 Å². The van der Waals surface area contributed by atoms with Gasteiger partial charge in [0.05, 0.1) is 17.2 Å². The van der Waals surface area contributed by atoms with E-state index in [-0.39, 0.29) is 23.9 Å². The summed E-state index contributed by atoms with van der Waals surface area (Å²) in [6, 6.07) is 1.32. The maximum absolute atomic E-state index is 12.4. The van der Waals surface area contributed by atoms with Gasteiger partial charge in [-0.15, -0.1) is 0 Å². The summed E-state index contributed by atoms with van der Waals surface area (Å²) in [5.74, 6) is -0.458. The van der Waals surface area contributed by atoms with E-state index < -0.39 is 0 Å². The quantitative estimate of drug-likeness (QED) is 0.610. The number of hydrogen-bond donors (Lipinski definition) is 1. The molecular formula is C14H17N3O2. The van der Waals surface area contributed by atoms with Crippen LogP contribution in [0.25, 0.3) is 0 Å². The molecule has 2 heterocycles. The molecule has 1 fully saturated rings. The SMILES string of the molecule is NC1CCCCCC1N1C(=O)c2ccncc2C1=O. The molecule has 0 saturated heterocycles. The maximum atomic E-state index is 12.4. The van der Waals surface area contributed by atoms with Crippen LogP contribution in [0.2, 0.25) is 0 Å². The number of aromatic nitrogens is 1. The fourth-order valence-corrected chi connectivity index (χ4v) is 3.04. The summed E-state index contributed by atoms with van der Waals surface area (Å²) in [4.78, 5) is 30.1. The lowest BCUT2D eigenvalue weighted by atomic mass is 10.0. The van der Waals surface area contributed by atoms with E-state index in [9.17, 15) is 9.59 Å². The largest absolute Gasteiger partial charge is 0.326 e. The number of imide groups is 1. The molecule has 1 aromatic heterocycles. The van der Waals surface area contributed by atoms with E-state index in [4.69, 9.17) is 5.73 Å². The molecule has 5 nitrogen and oxygen atoms in total. The van der Waals surface area contributed by atoms with Gasteiger partial charge in [-0.25, -0.2) is 0 Å². The number of pyridine rings is 1. The first-order valence-corrected chi connectivity index (χ1v) is 6.77. The molecule has 100 valence electrons. The van der Waals surface area contributed by atoms with E-state index in [1.54, 1.807) is 12.3 Å². The second-order valence-electron chi connectivity index (χ2n) is 5.27. The highest BCUT2D eigenvalue weighted by Crippen LogP contribution is 2.29. The Kier molecular flexibility index (Phi) is 3.06. The first kappa shape index (κ1) is 12.3. The highest BCUT2D eigenvalue weighted by atomic mass is 16.2. The molecule has 0 bridgehead atoms. The number of fused-ring (bicyclic) bond motifs is 1. The molecule has 2 amide bonds. The predicted octanol–water partition coefficient (Wildman–Crippen LogP) is 1.34. The van der Waals surface area contributed by atoms with E-state index >= 15 is 0 Å². The van der Waals surface area contributed by atoms with Crippen molar-refractivity contribution >= 4 is 11.8 Å². The van der Waals surface area contributed by atoms with Crippen molar-refractivity contribution in [2.75, 3.05) is 0 Å². The molecule has 1 aromatic rings. The van der Waals surface area contributed by atoms with Gasteiger partial charge < -0.3 is 5.73 Å². The zero-order chi connectivity index (χ0) is 13.4. The first-order chi connectivity index (χ1) is 9.20. The van der Waals surface area contributed by atoms with Crippen LogP contribution in [-0.2, 0) is 0 Å². The standard InChI is InChI=1S/C14H17N3O2/c15-11-4-2-1-3-5-12(11)17-13(18)9-6-7-16-8-10(9)14(17)19/h6-8,11-12H,1-5,15H2. The van der Waals surface area contributed by atoms with Crippen molar-refractivity contribution < 1.29 is 9.59 Å². The van der Waals surface area contributed by atoms with Crippen LogP contribution in [0.4, 0.5) is 0 Å². The second kappa shape index (κ2) is 4.74. The third-order valence-corrected chi connectivity index (χ3v) is 4.08. The smallest absolute Gasteiger partial charge is 0.263 e. The highest BCUT2D eigenvalue weighted by Gasteiger charge is 2.42. The van der Waals surface area contributed by atoms with Crippen LogP contribution >= 0.6 is 0 Å². The summed E-state index contributed by atoms with van der Waals surface area (Å²) in [6.07, 6.45) is 7.90. The fourth-order valence-electron chi connectivity index (χ4n) is 3.04. The van der Waals surface area contributed by atoms with Gasteiger partial charge in [0.25, 0.3) is 11.8 Å². The van der Waals surface area contributed by atoms with E-state index in [0.29, 0.717) is 11.1 Å². The minimum absolute atomic E-state index is 0.113. The van der Waals surface area contributed by atoms with Gasteiger partial charge in [0.15, 0.2) is 0 Å². The van der Waals surface area contributed by atoms with Gasteiger partial charge in [-0.05, 0) is 18.9 Å². The zero-order valence-electron chi connectivity index (χ0n) is 10.7. The van der Waals surface area contributed by atoms with Gasteiger partial charge in [-0.3, -0.25) is 19.5 Å². The van der Waals surface area contributed by atoms with E-state index in [1.165, 1.54) is 11.1 Å². The zero-order valence-corrected chi connectivity index (χ0v) is 10.7. The van der Waals surface area contributed by atoms with Gasteiger partial charge in [0.2, 0.25) is 0 Å². The van der Waals surface area contributed by atoms with Crippen molar-refractivity contribution in [3.05, 3.63) is 29.6 Å². The Bertz CT molecular complexity index is 494. The lowest BCUT2D eigenvalue weighted by Gasteiger charge is -2.29. The molecule has 19 heavy (non-hydrogen) atoms. The Balaban J connectivity index is 1.94. The average Bonchev–Trinajstić information content (AvgIpc) is 2.57. The van der Waals surface area contributed by atoms with Crippen molar-refractivity contribution in [1.82, 2.24) is 9.88 Å². The Hall–Kier alpha value is -1.75. The van der Waals surface area contributed by atoms with Crippen LogP contribution < -0.4 is 5.73 Å². The van der Waals surface area contributed by atoms with Crippen molar-refractivity contribution in [2.24, 2.45) is 5.73 Å². The first-order valence-electron chi connectivity index (χ1n) is 6.77. The summed E-state index contributed by atoms with van der Waals surface area (Å²) in [7, 11) is 0. The lowest BCUT2D eigenvalue weighted by Crippen LogP contribution is -2.49. The predicted molar refractivity (Wildman–Crippen MR) is 69.6 cm³/mol. The molecule has 5 heteroatoms. The molecule has 1 saturated carbocycles. The molecular weight excluding hydrogens is 242 g/mol. The summed E-state index contributed by atoms with van der Waals surface area (Å²) >= 11 is 0. The van der Waals surface area contributed by atoms with Crippen LogP contribution in [0.5, 0.6) is 0 Å². The molecule has 3 rings (SSSR count). The molecule has 2 unspecified atom stereocenters. The molecule has 0 spiro atoms. The molecule has 2 atom stereocenters. The number of carbonyl (C=O) groups excluding carboxylic acids is 2. The maximum Gasteiger partial charge on any atom is 0.263 e. The number of nitrogens with two attached hydrogens (primary N) is 1. The summed E-state index contributed by atoms with van der Waals surface area (Å²) in [6.45, 7) is 0. The number of carbonyl (C=O) groups is 2. The number of rotatable bonds is 1. The number of nitrogens with zero attached hydrogens (tertiary/aromatic N) is 2. The van der Waals surface area contributed by atoms with Crippen LogP contribution in [0, 0.1) is 0 Å². The summed E-state index contributed by atoms with van der Waals surface area (Å²) < 4.78 is 0. The second-order valence-corrected chi connectivity index (χ2v) is 5.27. The van der Waals surface area contributed by atoms with Crippen molar-refractivity contribution in [3.63, 3.8) is 0 Å². The van der Waals surface area contributed by atoms with Gasteiger partial charge in [-0.2, -0.15) is 0 Å². The van der Waals surface area contributed by atoms with Crippen LogP contribution in [0.3, 0.4) is 0 Å². The van der Waals surface area contributed by atoms with Gasteiger partial charge >= 0.3 is 0 Å². The summed E-state index contributed by atoms with van der Waals surface area (Å²) in [5, 5.41) is 0. The normalized spacial score (nSPS) is 27.3. The Morgan fingerprint density at radius 2 is 1.84 bits per heavy atom. The molecule has 0 aromatic carbocycles. The fraction of sp³-hybridized carbons (Fsp3) is 0.500.